The number of halogens is 2. The van der Waals surface area contributed by atoms with Crippen molar-refractivity contribution < 1.29 is 12.8 Å². The van der Waals surface area contributed by atoms with Crippen LogP contribution in [0.1, 0.15) is 5.56 Å². The number of rotatable bonds is 5. The van der Waals surface area contributed by atoms with Crippen LogP contribution in [0.15, 0.2) is 53.6 Å². The number of fused-ring (bicyclic) bond motifs is 1. The van der Waals surface area contributed by atoms with E-state index in [1.807, 2.05) is 0 Å². The lowest BCUT2D eigenvalue weighted by Gasteiger charge is -2.12. The molecule has 0 atom stereocenters. The SMILES string of the molecule is CN(C)S(=O)(=O)c1ccc(CNc2ccc3c(Cl)ccnc3c2F)cc1. The second-order valence-corrected chi connectivity index (χ2v) is 8.46. The van der Waals surface area contributed by atoms with Gasteiger partial charge < -0.3 is 5.32 Å². The van der Waals surface area contributed by atoms with Crippen molar-refractivity contribution in [3.8, 4) is 0 Å². The van der Waals surface area contributed by atoms with Crippen molar-refractivity contribution in [1.29, 1.82) is 0 Å². The Kier molecular flexibility index (Phi) is 5.13. The minimum Gasteiger partial charge on any atom is -0.379 e. The van der Waals surface area contributed by atoms with Crippen molar-refractivity contribution in [2.45, 2.75) is 11.4 Å². The molecule has 1 heterocycles. The zero-order chi connectivity index (χ0) is 18.9. The van der Waals surface area contributed by atoms with Crippen LogP contribution in [0.5, 0.6) is 0 Å². The number of benzene rings is 2. The Morgan fingerprint density at radius 3 is 2.46 bits per heavy atom. The highest BCUT2D eigenvalue weighted by atomic mass is 35.5. The molecule has 3 aromatic rings. The summed E-state index contributed by atoms with van der Waals surface area (Å²) in [5.74, 6) is -0.475. The smallest absolute Gasteiger partial charge is 0.242 e. The van der Waals surface area contributed by atoms with Gasteiger partial charge in [0.1, 0.15) is 5.52 Å². The fourth-order valence-corrected chi connectivity index (χ4v) is 3.58. The molecule has 1 aromatic heterocycles. The van der Waals surface area contributed by atoms with E-state index >= 15 is 0 Å². The number of nitrogens with one attached hydrogen (secondary N) is 1. The molecule has 0 amide bonds. The summed E-state index contributed by atoms with van der Waals surface area (Å²) in [7, 11) is -0.504. The topological polar surface area (TPSA) is 62.3 Å². The summed E-state index contributed by atoms with van der Waals surface area (Å²) < 4.78 is 39.9. The number of hydrogen-bond acceptors (Lipinski definition) is 4. The van der Waals surface area contributed by atoms with Crippen LogP contribution in [-0.4, -0.2) is 31.8 Å². The average Bonchev–Trinajstić information content (AvgIpc) is 2.62. The van der Waals surface area contributed by atoms with Crippen LogP contribution in [0.3, 0.4) is 0 Å². The monoisotopic (exact) mass is 393 g/mol. The molecule has 0 unspecified atom stereocenters. The van der Waals surface area contributed by atoms with Crippen LogP contribution in [0.25, 0.3) is 10.9 Å². The largest absolute Gasteiger partial charge is 0.379 e. The van der Waals surface area contributed by atoms with E-state index in [9.17, 15) is 12.8 Å². The molecule has 0 radical (unpaired) electrons. The van der Waals surface area contributed by atoms with Crippen LogP contribution in [0.4, 0.5) is 10.1 Å². The molecule has 0 aliphatic heterocycles. The van der Waals surface area contributed by atoms with Gasteiger partial charge in [-0.25, -0.2) is 17.1 Å². The first kappa shape index (κ1) is 18.6. The molecule has 0 fully saturated rings. The third-order valence-corrected chi connectivity index (χ3v) is 6.14. The average molecular weight is 394 g/mol. The van der Waals surface area contributed by atoms with Gasteiger partial charge in [-0.15, -0.1) is 0 Å². The van der Waals surface area contributed by atoms with Gasteiger partial charge in [-0.05, 0) is 35.9 Å². The molecule has 0 spiro atoms. The minimum absolute atomic E-state index is 0.204. The Morgan fingerprint density at radius 2 is 1.81 bits per heavy atom. The Labute approximate surface area is 156 Å². The highest BCUT2D eigenvalue weighted by molar-refractivity contribution is 7.89. The lowest BCUT2D eigenvalue weighted by atomic mass is 10.1. The Bertz CT molecular complexity index is 1050. The normalized spacial score (nSPS) is 11.9. The summed E-state index contributed by atoms with van der Waals surface area (Å²) in [6, 6.07) is 11.4. The minimum atomic E-state index is -3.46. The lowest BCUT2D eigenvalue weighted by Crippen LogP contribution is -2.22. The van der Waals surface area contributed by atoms with E-state index in [-0.39, 0.29) is 10.4 Å². The molecule has 26 heavy (non-hydrogen) atoms. The van der Waals surface area contributed by atoms with Gasteiger partial charge in [-0.2, -0.15) is 0 Å². The first-order valence-electron chi connectivity index (χ1n) is 7.79. The maximum Gasteiger partial charge on any atom is 0.242 e. The van der Waals surface area contributed by atoms with Gasteiger partial charge in [0.2, 0.25) is 10.0 Å². The molecule has 0 saturated carbocycles. The molecule has 0 bridgehead atoms. The number of nitrogens with zero attached hydrogens (tertiary/aromatic N) is 2. The fraction of sp³-hybridized carbons (Fsp3) is 0.167. The van der Waals surface area contributed by atoms with Crippen LogP contribution >= 0.6 is 11.6 Å². The molecule has 2 aromatic carbocycles. The molecule has 5 nitrogen and oxygen atoms in total. The zero-order valence-corrected chi connectivity index (χ0v) is 15.8. The quantitative estimate of drug-likeness (QED) is 0.714. The predicted molar refractivity (Wildman–Crippen MR) is 101 cm³/mol. The van der Waals surface area contributed by atoms with E-state index in [0.717, 1.165) is 9.87 Å². The summed E-state index contributed by atoms with van der Waals surface area (Å²) in [5.41, 5.74) is 1.33. The van der Waals surface area contributed by atoms with Crippen LogP contribution in [0, 0.1) is 5.82 Å². The zero-order valence-electron chi connectivity index (χ0n) is 14.2. The number of aromatic nitrogens is 1. The van der Waals surface area contributed by atoms with Gasteiger partial charge >= 0.3 is 0 Å². The molecule has 136 valence electrons. The molecule has 0 aliphatic rings. The van der Waals surface area contributed by atoms with Crippen molar-refractivity contribution in [2.75, 3.05) is 19.4 Å². The van der Waals surface area contributed by atoms with Gasteiger partial charge in [0.05, 0.1) is 15.6 Å². The fourth-order valence-electron chi connectivity index (χ4n) is 2.47. The van der Waals surface area contributed by atoms with E-state index in [2.05, 4.69) is 10.3 Å². The summed E-state index contributed by atoms with van der Waals surface area (Å²) in [6.45, 7) is 0.339. The second-order valence-electron chi connectivity index (χ2n) is 5.90. The van der Waals surface area contributed by atoms with Crippen LogP contribution < -0.4 is 5.32 Å². The number of anilines is 1. The van der Waals surface area contributed by atoms with Gasteiger partial charge in [-0.1, -0.05) is 23.7 Å². The third-order valence-electron chi connectivity index (χ3n) is 3.98. The molecular weight excluding hydrogens is 377 g/mol. The molecule has 0 aliphatic carbocycles. The van der Waals surface area contributed by atoms with Gasteiger partial charge in [0.15, 0.2) is 5.82 Å². The molecule has 8 heteroatoms. The van der Waals surface area contributed by atoms with E-state index in [1.165, 1.54) is 32.4 Å². The maximum atomic E-state index is 14.6. The first-order chi connectivity index (χ1) is 12.3. The second kappa shape index (κ2) is 7.19. The molecular formula is C18H17ClFN3O2S. The van der Waals surface area contributed by atoms with Crippen molar-refractivity contribution in [2.24, 2.45) is 0 Å². The standard InChI is InChI=1S/C18H17ClFN3O2S/c1-23(2)26(24,25)13-5-3-12(4-6-13)11-22-16-8-7-14-15(19)9-10-21-18(14)17(16)20/h3-10,22H,11H2,1-2H3. The van der Waals surface area contributed by atoms with Gasteiger partial charge in [0.25, 0.3) is 0 Å². The van der Waals surface area contributed by atoms with Crippen molar-refractivity contribution in [3.63, 3.8) is 0 Å². The third kappa shape index (κ3) is 3.51. The van der Waals surface area contributed by atoms with E-state index in [0.29, 0.717) is 22.6 Å². The van der Waals surface area contributed by atoms with Crippen molar-refractivity contribution >= 4 is 38.2 Å². The summed E-state index contributed by atoms with van der Waals surface area (Å²) in [5, 5.41) is 4.00. The highest BCUT2D eigenvalue weighted by Gasteiger charge is 2.16. The van der Waals surface area contributed by atoms with E-state index in [1.54, 1.807) is 30.3 Å². The predicted octanol–water partition coefficient (Wildman–Crippen LogP) is 3.89. The first-order valence-corrected chi connectivity index (χ1v) is 9.60. The van der Waals surface area contributed by atoms with Gasteiger partial charge in [0, 0.05) is 32.2 Å². The summed E-state index contributed by atoms with van der Waals surface area (Å²) >= 11 is 6.05. The molecule has 0 saturated heterocycles. The van der Waals surface area contributed by atoms with Crippen LogP contribution in [-0.2, 0) is 16.6 Å². The highest BCUT2D eigenvalue weighted by Crippen LogP contribution is 2.28. The van der Waals surface area contributed by atoms with Crippen LogP contribution in [0.2, 0.25) is 5.02 Å². The van der Waals surface area contributed by atoms with Crippen molar-refractivity contribution in [1.82, 2.24) is 9.29 Å². The van der Waals surface area contributed by atoms with E-state index < -0.39 is 15.8 Å². The number of pyridine rings is 1. The van der Waals surface area contributed by atoms with Gasteiger partial charge in [-0.3, -0.25) is 4.98 Å². The lowest BCUT2D eigenvalue weighted by molar-refractivity contribution is 0.520. The number of sulfonamides is 1. The molecule has 1 N–H and O–H groups in total. The number of hydrogen-bond donors (Lipinski definition) is 1. The summed E-state index contributed by atoms with van der Waals surface area (Å²) in [6.07, 6.45) is 1.46. The Morgan fingerprint density at radius 1 is 1.12 bits per heavy atom. The Hall–Kier alpha value is -2.22. The summed E-state index contributed by atoms with van der Waals surface area (Å²) in [4.78, 5) is 4.25. The Balaban J connectivity index is 1.79. The molecule has 3 rings (SSSR count). The maximum absolute atomic E-state index is 14.6. The van der Waals surface area contributed by atoms with E-state index in [4.69, 9.17) is 11.6 Å². The van der Waals surface area contributed by atoms with Crippen molar-refractivity contribution in [3.05, 3.63) is 65.1 Å².